The van der Waals surface area contributed by atoms with E-state index < -0.39 is 5.41 Å². The number of halogens is 2. The number of hydrogen-bond acceptors (Lipinski definition) is 4. The van der Waals surface area contributed by atoms with E-state index in [1.54, 1.807) is 18.2 Å². The number of amides is 1. The third-order valence-corrected chi connectivity index (χ3v) is 4.27. The summed E-state index contributed by atoms with van der Waals surface area (Å²) in [6.07, 6.45) is 2.19. The van der Waals surface area contributed by atoms with Crippen molar-refractivity contribution < 1.29 is 14.3 Å². The zero-order valence-electron chi connectivity index (χ0n) is 13.3. The summed E-state index contributed by atoms with van der Waals surface area (Å²) in [5.74, 6) is 0.553. The third kappa shape index (κ3) is 4.98. The molecule has 23 heavy (non-hydrogen) atoms. The monoisotopic (exact) mass is 362 g/mol. The fraction of sp³-hybridized carbons (Fsp3) is 0.562. The molecule has 1 aliphatic heterocycles. The number of benzene rings is 1. The molecule has 3 N–H and O–H groups in total. The first-order valence-corrected chi connectivity index (χ1v) is 8.01. The molecule has 0 radical (unpaired) electrons. The molecule has 0 bridgehead atoms. The van der Waals surface area contributed by atoms with E-state index in [9.17, 15) is 4.79 Å². The average molecular weight is 363 g/mol. The van der Waals surface area contributed by atoms with Gasteiger partial charge in [0.1, 0.15) is 5.75 Å². The number of nitrogens with one attached hydrogen (secondary N) is 1. The Kier molecular flexibility index (Phi) is 8.12. The predicted octanol–water partition coefficient (Wildman–Crippen LogP) is 3.24. The molecule has 0 aromatic heterocycles. The van der Waals surface area contributed by atoms with Gasteiger partial charge < -0.3 is 20.5 Å². The van der Waals surface area contributed by atoms with E-state index in [1.807, 2.05) is 6.92 Å². The third-order valence-electron chi connectivity index (χ3n) is 3.97. The van der Waals surface area contributed by atoms with Crippen LogP contribution in [0.3, 0.4) is 0 Å². The van der Waals surface area contributed by atoms with Crippen molar-refractivity contribution in [3.05, 3.63) is 23.2 Å². The Morgan fingerprint density at radius 1 is 1.43 bits per heavy atom. The lowest BCUT2D eigenvalue weighted by atomic mass is 9.79. The SMILES string of the molecule is CCCOc1ccc(NC(=O)C2(CN)CCOCC2)cc1Cl.Cl. The topological polar surface area (TPSA) is 73.6 Å². The first-order chi connectivity index (χ1) is 10.6. The minimum atomic E-state index is -0.553. The Bertz CT molecular complexity index is 520. The van der Waals surface area contributed by atoms with Crippen molar-refractivity contribution >= 4 is 35.6 Å². The maximum Gasteiger partial charge on any atom is 0.232 e. The number of hydrogen-bond donors (Lipinski definition) is 2. The second-order valence-electron chi connectivity index (χ2n) is 5.54. The van der Waals surface area contributed by atoms with Crippen molar-refractivity contribution in [3.63, 3.8) is 0 Å². The van der Waals surface area contributed by atoms with E-state index in [4.69, 9.17) is 26.8 Å². The first kappa shape index (κ1) is 20.0. The van der Waals surface area contributed by atoms with Crippen molar-refractivity contribution in [2.24, 2.45) is 11.1 Å². The molecule has 0 spiro atoms. The molecule has 0 saturated carbocycles. The van der Waals surface area contributed by atoms with Crippen LogP contribution < -0.4 is 15.8 Å². The summed E-state index contributed by atoms with van der Waals surface area (Å²) >= 11 is 6.18. The second-order valence-corrected chi connectivity index (χ2v) is 5.95. The van der Waals surface area contributed by atoms with Crippen LogP contribution in [0.25, 0.3) is 0 Å². The summed E-state index contributed by atoms with van der Waals surface area (Å²) in [4.78, 5) is 12.6. The van der Waals surface area contributed by atoms with Gasteiger partial charge in [-0.3, -0.25) is 4.79 Å². The van der Waals surface area contributed by atoms with Crippen molar-refractivity contribution in [1.82, 2.24) is 0 Å². The smallest absolute Gasteiger partial charge is 0.232 e. The minimum absolute atomic E-state index is 0. The fourth-order valence-corrected chi connectivity index (χ4v) is 2.69. The molecule has 1 aromatic carbocycles. The van der Waals surface area contributed by atoms with E-state index in [0.29, 0.717) is 55.7 Å². The van der Waals surface area contributed by atoms with Crippen LogP contribution >= 0.6 is 24.0 Å². The molecular weight excluding hydrogens is 339 g/mol. The first-order valence-electron chi connectivity index (χ1n) is 7.63. The molecule has 7 heteroatoms. The molecule has 1 aromatic rings. The number of ether oxygens (including phenoxy) is 2. The van der Waals surface area contributed by atoms with Gasteiger partial charge in [0.25, 0.3) is 0 Å². The summed E-state index contributed by atoms with van der Waals surface area (Å²) in [6.45, 7) is 4.09. The van der Waals surface area contributed by atoms with Gasteiger partial charge >= 0.3 is 0 Å². The molecule has 1 aliphatic rings. The maximum absolute atomic E-state index is 12.6. The van der Waals surface area contributed by atoms with Crippen LogP contribution in [-0.4, -0.2) is 32.3 Å². The summed E-state index contributed by atoms with van der Waals surface area (Å²) < 4.78 is 10.8. The lowest BCUT2D eigenvalue weighted by Gasteiger charge is -2.34. The molecule has 1 saturated heterocycles. The zero-order valence-corrected chi connectivity index (χ0v) is 14.8. The normalized spacial score (nSPS) is 16.3. The summed E-state index contributed by atoms with van der Waals surface area (Å²) in [5.41, 5.74) is 5.94. The van der Waals surface area contributed by atoms with Gasteiger partial charge in [-0.05, 0) is 37.5 Å². The number of anilines is 1. The zero-order chi connectivity index (χ0) is 16.0. The number of nitrogens with two attached hydrogens (primary N) is 1. The Balaban J connectivity index is 0.00000264. The largest absolute Gasteiger partial charge is 0.492 e. The van der Waals surface area contributed by atoms with Crippen molar-refractivity contribution in [2.45, 2.75) is 26.2 Å². The van der Waals surface area contributed by atoms with Gasteiger partial charge in [0, 0.05) is 25.4 Å². The van der Waals surface area contributed by atoms with Gasteiger partial charge in [0.2, 0.25) is 5.91 Å². The standard InChI is InChI=1S/C16H23ClN2O3.ClH/c1-2-7-22-14-4-3-12(10-13(14)17)19-15(20)16(11-18)5-8-21-9-6-16;/h3-4,10H,2,5-9,11,18H2,1H3,(H,19,20);1H. The minimum Gasteiger partial charge on any atom is -0.492 e. The van der Waals surface area contributed by atoms with Crippen LogP contribution in [0, 0.1) is 5.41 Å². The van der Waals surface area contributed by atoms with Crippen LogP contribution in [0.15, 0.2) is 18.2 Å². The highest BCUT2D eigenvalue weighted by molar-refractivity contribution is 6.32. The molecule has 1 fully saturated rings. The highest BCUT2D eigenvalue weighted by Crippen LogP contribution is 2.32. The molecule has 0 unspecified atom stereocenters. The Hall–Kier alpha value is -1.01. The van der Waals surface area contributed by atoms with Crippen LogP contribution in [0.2, 0.25) is 5.02 Å². The van der Waals surface area contributed by atoms with E-state index >= 15 is 0 Å². The van der Waals surface area contributed by atoms with Crippen molar-refractivity contribution in [2.75, 3.05) is 31.7 Å². The van der Waals surface area contributed by atoms with Crippen LogP contribution in [0.4, 0.5) is 5.69 Å². The highest BCUT2D eigenvalue weighted by Gasteiger charge is 2.38. The predicted molar refractivity (Wildman–Crippen MR) is 94.7 cm³/mol. The van der Waals surface area contributed by atoms with Gasteiger partial charge in [0.15, 0.2) is 0 Å². The van der Waals surface area contributed by atoms with E-state index in [-0.39, 0.29) is 18.3 Å². The average Bonchev–Trinajstić information content (AvgIpc) is 2.54. The Morgan fingerprint density at radius 2 is 2.13 bits per heavy atom. The fourth-order valence-electron chi connectivity index (χ4n) is 2.46. The summed E-state index contributed by atoms with van der Waals surface area (Å²) in [6, 6.07) is 5.26. The van der Waals surface area contributed by atoms with Gasteiger partial charge in [-0.1, -0.05) is 18.5 Å². The lowest BCUT2D eigenvalue weighted by Crippen LogP contribution is -2.46. The molecule has 2 rings (SSSR count). The van der Waals surface area contributed by atoms with Crippen molar-refractivity contribution in [1.29, 1.82) is 0 Å². The number of rotatable bonds is 6. The lowest BCUT2D eigenvalue weighted by molar-refractivity contribution is -0.130. The van der Waals surface area contributed by atoms with Crippen LogP contribution in [0.1, 0.15) is 26.2 Å². The van der Waals surface area contributed by atoms with Gasteiger partial charge in [0.05, 0.1) is 17.0 Å². The Labute approximate surface area is 148 Å². The molecule has 5 nitrogen and oxygen atoms in total. The molecule has 0 atom stereocenters. The van der Waals surface area contributed by atoms with Crippen LogP contribution in [0.5, 0.6) is 5.75 Å². The van der Waals surface area contributed by atoms with E-state index in [0.717, 1.165) is 6.42 Å². The van der Waals surface area contributed by atoms with Gasteiger partial charge in [-0.2, -0.15) is 0 Å². The molecular formula is C16H24Cl2N2O3. The molecule has 0 aliphatic carbocycles. The maximum atomic E-state index is 12.6. The highest BCUT2D eigenvalue weighted by atomic mass is 35.5. The summed E-state index contributed by atoms with van der Waals surface area (Å²) in [7, 11) is 0. The van der Waals surface area contributed by atoms with Crippen molar-refractivity contribution in [3.8, 4) is 5.75 Å². The molecule has 1 heterocycles. The number of carbonyl (C=O) groups excluding carboxylic acids is 1. The molecule has 1 amide bonds. The number of carbonyl (C=O) groups is 1. The van der Waals surface area contributed by atoms with Crippen LogP contribution in [-0.2, 0) is 9.53 Å². The van der Waals surface area contributed by atoms with Gasteiger partial charge in [-0.25, -0.2) is 0 Å². The quantitative estimate of drug-likeness (QED) is 0.814. The Morgan fingerprint density at radius 3 is 2.70 bits per heavy atom. The van der Waals surface area contributed by atoms with Gasteiger partial charge in [-0.15, -0.1) is 12.4 Å². The van der Waals surface area contributed by atoms with E-state index in [2.05, 4.69) is 5.32 Å². The van der Waals surface area contributed by atoms with E-state index in [1.165, 1.54) is 0 Å². The summed E-state index contributed by atoms with van der Waals surface area (Å²) in [5, 5.41) is 3.40. The molecule has 130 valence electrons. The second kappa shape index (κ2) is 9.33.